The van der Waals surface area contributed by atoms with Gasteiger partial charge < -0.3 is 25.2 Å². The first-order valence-corrected chi connectivity index (χ1v) is 16.2. The van der Waals surface area contributed by atoms with Crippen LogP contribution in [0.2, 0.25) is 0 Å². The number of unbranched alkanes of at least 4 members (excludes halogenated alkanes) is 6. The number of carboxylic acids is 1. The summed E-state index contributed by atoms with van der Waals surface area (Å²) in [4.78, 5) is 38.8. The van der Waals surface area contributed by atoms with Crippen LogP contribution in [0, 0.1) is 17.3 Å². The predicted octanol–water partition coefficient (Wildman–Crippen LogP) is 6.52. The Morgan fingerprint density at radius 2 is 1.54 bits per heavy atom. The summed E-state index contributed by atoms with van der Waals surface area (Å²) in [7, 11) is 0. The van der Waals surface area contributed by atoms with Crippen LogP contribution in [0.1, 0.15) is 131 Å². The highest BCUT2D eigenvalue weighted by molar-refractivity contribution is 5.88. The number of carboxylic acid groups (broad SMARTS) is 1. The molecule has 0 aromatic heterocycles. The number of amides is 2. The molecule has 3 N–H and O–H groups in total. The number of aliphatic carboxylic acids is 1. The van der Waals surface area contributed by atoms with Crippen molar-refractivity contribution in [1.82, 2.24) is 10.6 Å². The van der Waals surface area contributed by atoms with E-state index in [4.69, 9.17) is 9.47 Å². The van der Waals surface area contributed by atoms with Crippen LogP contribution in [-0.2, 0) is 23.9 Å². The van der Waals surface area contributed by atoms with Crippen molar-refractivity contribution in [3.05, 3.63) is 11.6 Å². The molecule has 2 fully saturated rings. The molecule has 236 valence electrons. The molecule has 1 saturated carbocycles. The summed E-state index contributed by atoms with van der Waals surface area (Å²) in [5.74, 6) is -3.33. The molecular formula is C33H58N2O6. The summed E-state index contributed by atoms with van der Waals surface area (Å²) in [5, 5.41) is 16.2. The predicted molar refractivity (Wildman–Crippen MR) is 162 cm³/mol. The van der Waals surface area contributed by atoms with Crippen molar-refractivity contribution in [2.45, 2.75) is 149 Å². The normalized spacial score (nSPS) is 24.2. The molecule has 2 amide bonds. The lowest BCUT2D eigenvalue weighted by molar-refractivity contribution is -0.304. The van der Waals surface area contributed by atoms with Gasteiger partial charge in [0.1, 0.15) is 6.10 Å². The molecule has 0 bridgehead atoms. The number of rotatable bonds is 17. The molecule has 1 aliphatic carbocycles. The summed E-state index contributed by atoms with van der Waals surface area (Å²) in [6, 6.07) is -0.235. The van der Waals surface area contributed by atoms with Gasteiger partial charge in [0.05, 0.1) is 12.5 Å². The third-order valence-corrected chi connectivity index (χ3v) is 8.66. The maximum atomic E-state index is 13.2. The minimum absolute atomic E-state index is 0.00161. The molecule has 2 rings (SSSR count). The summed E-state index contributed by atoms with van der Waals surface area (Å²) in [5.41, 5.74) is 0.655. The molecule has 2 aliphatic rings. The molecule has 0 aromatic carbocycles. The minimum atomic E-state index is -0.952. The first-order valence-electron chi connectivity index (χ1n) is 16.2. The first kappa shape index (κ1) is 35.3. The average Bonchev–Trinajstić information content (AvgIpc) is 2.91. The van der Waals surface area contributed by atoms with Gasteiger partial charge in [0, 0.05) is 24.1 Å². The molecule has 0 aromatic rings. The van der Waals surface area contributed by atoms with Gasteiger partial charge in [0.25, 0.3) is 0 Å². The van der Waals surface area contributed by atoms with Crippen LogP contribution in [-0.4, -0.2) is 54.0 Å². The maximum absolute atomic E-state index is 13.2. The van der Waals surface area contributed by atoms with E-state index >= 15 is 0 Å². The van der Waals surface area contributed by atoms with Crippen molar-refractivity contribution in [1.29, 1.82) is 0 Å². The number of hydrogen-bond donors (Lipinski definition) is 3. The second-order valence-corrected chi connectivity index (χ2v) is 13.4. The number of nitrogens with one attached hydrogen (secondary N) is 2. The monoisotopic (exact) mass is 578 g/mol. The van der Waals surface area contributed by atoms with E-state index in [1.54, 1.807) is 19.9 Å². The van der Waals surface area contributed by atoms with Crippen LogP contribution in [0.5, 0.6) is 0 Å². The van der Waals surface area contributed by atoms with Gasteiger partial charge in [-0.25, -0.2) is 0 Å². The van der Waals surface area contributed by atoms with Crippen molar-refractivity contribution < 1.29 is 29.0 Å². The molecule has 0 spiro atoms. The smallest absolute Gasteiger partial charge is 0.308 e. The van der Waals surface area contributed by atoms with Crippen molar-refractivity contribution in [3.63, 3.8) is 0 Å². The fraction of sp³-hybridized carbons (Fsp3) is 0.848. The van der Waals surface area contributed by atoms with Crippen LogP contribution >= 0.6 is 0 Å². The minimum Gasteiger partial charge on any atom is -0.481 e. The zero-order valence-electron chi connectivity index (χ0n) is 26.7. The van der Waals surface area contributed by atoms with Gasteiger partial charge in [0.15, 0.2) is 5.79 Å². The van der Waals surface area contributed by atoms with Crippen molar-refractivity contribution >= 4 is 17.8 Å². The Bertz CT molecular complexity index is 854. The van der Waals surface area contributed by atoms with E-state index in [2.05, 4.69) is 24.5 Å². The summed E-state index contributed by atoms with van der Waals surface area (Å²) in [6.07, 6.45) is 15.6. The van der Waals surface area contributed by atoms with Gasteiger partial charge in [-0.15, -0.1) is 0 Å². The van der Waals surface area contributed by atoms with Gasteiger partial charge in [-0.05, 0) is 58.3 Å². The van der Waals surface area contributed by atoms with E-state index in [0.29, 0.717) is 13.0 Å². The van der Waals surface area contributed by atoms with Crippen LogP contribution in [0.3, 0.4) is 0 Å². The zero-order chi connectivity index (χ0) is 30.5. The molecule has 8 heteroatoms. The Morgan fingerprint density at radius 1 is 0.927 bits per heavy atom. The Labute approximate surface area is 248 Å². The van der Waals surface area contributed by atoms with E-state index in [1.165, 1.54) is 44.1 Å². The fourth-order valence-corrected chi connectivity index (χ4v) is 6.10. The molecule has 8 nitrogen and oxygen atoms in total. The standard InChI is InChI=1S/C33H58N2O6/c1-7-9-11-13-17-24(18-14-12-10-8-2)21-28(36)35-27-20-16-15-19-25(27)26(31(38)39)22-34-30(37)29-32(3,4)23-40-33(5,6)41-29/h21,25-27,29H,7-20,22-23H2,1-6H3,(H,34,37)(H,35,36)(H,38,39)/t25-,26?,27-,29?/m0/s1. The average molecular weight is 579 g/mol. The van der Waals surface area contributed by atoms with Crippen LogP contribution < -0.4 is 10.6 Å². The van der Waals surface area contributed by atoms with E-state index in [1.807, 2.05) is 13.8 Å². The van der Waals surface area contributed by atoms with Crippen LogP contribution in [0.4, 0.5) is 0 Å². The van der Waals surface area contributed by atoms with E-state index < -0.39 is 29.2 Å². The van der Waals surface area contributed by atoms with Gasteiger partial charge in [0.2, 0.25) is 11.8 Å². The third-order valence-electron chi connectivity index (χ3n) is 8.66. The van der Waals surface area contributed by atoms with Crippen LogP contribution in [0.25, 0.3) is 0 Å². The van der Waals surface area contributed by atoms with Crippen molar-refractivity contribution in [2.75, 3.05) is 13.2 Å². The Morgan fingerprint density at radius 3 is 2.12 bits per heavy atom. The van der Waals surface area contributed by atoms with Gasteiger partial charge in [-0.1, -0.05) is 84.6 Å². The first-order chi connectivity index (χ1) is 19.4. The lowest BCUT2D eigenvalue weighted by Crippen LogP contribution is -2.57. The van der Waals surface area contributed by atoms with E-state index in [0.717, 1.165) is 44.9 Å². The number of ether oxygens (including phenoxy) is 2. The lowest BCUT2D eigenvalue weighted by Gasteiger charge is -2.45. The summed E-state index contributed by atoms with van der Waals surface area (Å²) >= 11 is 0. The fourth-order valence-electron chi connectivity index (χ4n) is 6.10. The SMILES string of the molecule is CCCCCCC(=CC(=O)N[C@H]1CCCC[C@H]1C(CNC(=O)C1OC(C)(C)OCC1(C)C)C(=O)O)CCCCCC. The van der Waals surface area contributed by atoms with Crippen LogP contribution in [0.15, 0.2) is 11.6 Å². The van der Waals surface area contributed by atoms with Gasteiger partial charge in [-0.2, -0.15) is 0 Å². The molecule has 41 heavy (non-hydrogen) atoms. The summed E-state index contributed by atoms with van der Waals surface area (Å²) in [6.45, 7) is 12.1. The number of carbonyl (C=O) groups excluding carboxylic acids is 2. The Kier molecular flexibility index (Phi) is 14.8. The molecule has 0 radical (unpaired) electrons. The second kappa shape index (κ2) is 17.3. The molecule has 1 aliphatic heterocycles. The molecule has 1 heterocycles. The molecular weight excluding hydrogens is 520 g/mol. The molecule has 4 atom stereocenters. The Hall–Kier alpha value is -1.93. The number of allylic oxidation sites excluding steroid dienone is 1. The highest BCUT2D eigenvalue weighted by Gasteiger charge is 2.46. The van der Waals surface area contributed by atoms with E-state index in [9.17, 15) is 19.5 Å². The van der Waals surface area contributed by atoms with Crippen molar-refractivity contribution in [2.24, 2.45) is 17.3 Å². The second-order valence-electron chi connectivity index (χ2n) is 13.4. The molecule has 2 unspecified atom stereocenters. The highest BCUT2D eigenvalue weighted by Crippen LogP contribution is 2.35. The maximum Gasteiger partial charge on any atom is 0.308 e. The zero-order valence-corrected chi connectivity index (χ0v) is 26.7. The lowest BCUT2D eigenvalue weighted by atomic mass is 9.76. The van der Waals surface area contributed by atoms with Gasteiger partial charge in [-0.3, -0.25) is 14.4 Å². The molecule has 1 saturated heterocycles. The topological polar surface area (TPSA) is 114 Å². The Balaban J connectivity index is 2.07. The number of hydrogen-bond acceptors (Lipinski definition) is 5. The third kappa shape index (κ3) is 12.1. The number of carbonyl (C=O) groups is 3. The van der Waals surface area contributed by atoms with Crippen molar-refractivity contribution in [3.8, 4) is 0 Å². The van der Waals surface area contributed by atoms with E-state index in [-0.39, 0.29) is 30.3 Å². The summed E-state index contributed by atoms with van der Waals surface area (Å²) < 4.78 is 11.7. The largest absolute Gasteiger partial charge is 0.481 e. The highest BCUT2D eigenvalue weighted by atomic mass is 16.7. The van der Waals surface area contributed by atoms with Gasteiger partial charge >= 0.3 is 5.97 Å². The quantitative estimate of drug-likeness (QED) is 0.134.